The average Bonchev–Trinajstić information content (AvgIpc) is 2.40. The highest BCUT2D eigenvalue weighted by Crippen LogP contribution is 2.13. The van der Waals surface area contributed by atoms with E-state index in [1.165, 1.54) is 6.20 Å². The van der Waals surface area contributed by atoms with E-state index in [9.17, 15) is 9.59 Å². The van der Waals surface area contributed by atoms with Gasteiger partial charge in [0, 0.05) is 12.3 Å². The Labute approximate surface area is 108 Å². The van der Waals surface area contributed by atoms with Crippen molar-refractivity contribution >= 4 is 5.97 Å². The van der Waals surface area contributed by atoms with Gasteiger partial charge in [0.15, 0.2) is 11.4 Å². The first-order valence-electron chi connectivity index (χ1n) is 5.50. The van der Waals surface area contributed by atoms with E-state index in [1.54, 1.807) is 0 Å². The van der Waals surface area contributed by atoms with Gasteiger partial charge in [-0.25, -0.2) is 4.79 Å². The molecule has 6 nitrogen and oxygen atoms in total. The lowest BCUT2D eigenvalue weighted by molar-refractivity contribution is 0.0680. The van der Waals surface area contributed by atoms with Crippen LogP contribution in [0.3, 0.4) is 0 Å². The maximum Gasteiger partial charge on any atom is 0.358 e. The number of hydrogen-bond acceptors (Lipinski definition) is 4. The van der Waals surface area contributed by atoms with Gasteiger partial charge in [0.05, 0.1) is 0 Å². The first-order chi connectivity index (χ1) is 9.09. The topological polar surface area (TPSA) is 94.5 Å². The van der Waals surface area contributed by atoms with Crippen LogP contribution in [0, 0.1) is 0 Å². The van der Waals surface area contributed by atoms with Crippen LogP contribution < -0.4 is 16.0 Å². The minimum absolute atomic E-state index is 0.0976. The fraction of sp³-hybridized carbons (Fsp3) is 0.0769. The summed E-state index contributed by atoms with van der Waals surface area (Å²) in [7, 11) is 0. The number of carbonyl (C=O) groups is 1. The molecule has 0 unspecified atom stereocenters. The monoisotopic (exact) mass is 260 g/mol. The lowest BCUT2D eigenvalue weighted by Crippen LogP contribution is -2.24. The van der Waals surface area contributed by atoms with Gasteiger partial charge in [0.25, 0.3) is 0 Å². The molecular formula is C13H12N2O4. The van der Waals surface area contributed by atoms with E-state index in [0.717, 1.165) is 16.3 Å². The van der Waals surface area contributed by atoms with Crippen LogP contribution in [0.25, 0.3) is 0 Å². The number of benzene rings is 1. The molecule has 1 aromatic heterocycles. The third-order valence-electron chi connectivity index (χ3n) is 2.51. The molecule has 0 aliphatic heterocycles. The number of aromatic nitrogens is 1. The Morgan fingerprint density at radius 1 is 1.26 bits per heavy atom. The first kappa shape index (κ1) is 12.7. The number of nitrogens with two attached hydrogens (primary N) is 1. The molecule has 0 atom stereocenters. The summed E-state index contributed by atoms with van der Waals surface area (Å²) in [5.74, 6) is 3.90. The molecule has 2 aromatic rings. The SMILES string of the molecule is Nn1ccc(=O)c(OCc2ccccc2)c1C(=O)O. The molecule has 0 amide bonds. The maximum atomic E-state index is 11.7. The van der Waals surface area contributed by atoms with Crippen molar-refractivity contribution in [2.45, 2.75) is 6.61 Å². The minimum atomic E-state index is -1.32. The zero-order valence-electron chi connectivity index (χ0n) is 9.95. The van der Waals surface area contributed by atoms with Gasteiger partial charge < -0.3 is 15.7 Å². The minimum Gasteiger partial charge on any atom is -0.482 e. The van der Waals surface area contributed by atoms with Gasteiger partial charge in [-0.05, 0) is 5.56 Å². The van der Waals surface area contributed by atoms with E-state index >= 15 is 0 Å². The quantitative estimate of drug-likeness (QED) is 0.794. The number of carboxylic acids is 1. The molecule has 1 aromatic carbocycles. The highest BCUT2D eigenvalue weighted by molar-refractivity contribution is 5.88. The Bertz CT molecular complexity index is 649. The van der Waals surface area contributed by atoms with E-state index in [-0.39, 0.29) is 18.1 Å². The van der Waals surface area contributed by atoms with Crippen LogP contribution in [0.15, 0.2) is 47.4 Å². The molecule has 3 N–H and O–H groups in total. The normalized spacial score (nSPS) is 10.1. The number of aromatic carboxylic acids is 1. The van der Waals surface area contributed by atoms with Gasteiger partial charge in [0.2, 0.25) is 5.43 Å². The number of rotatable bonds is 4. The van der Waals surface area contributed by atoms with E-state index in [2.05, 4.69) is 0 Å². The summed E-state index contributed by atoms with van der Waals surface area (Å²) in [6.45, 7) is 0.0976. The molecular weight excluding hydrogens is 248 g/mol. The molecule has 0 saturated heterocycles. The highest BCUT2D eigenvalue weighted by Gasteiger charge is 2.18. The van der Waals surface area contributed by atoms with Crippen molar-refractivity contribution in [2.75, 3.05) is 5.84 Å². The second kappa shape index (κ2) is 5.26. The Morgan fingerprint density at radius 2 is 1.95 bits per heavy atom. The molecule has 0 saturated carbocycles. The van der Waals surface area contributed by atoms with Crippen molar-refractivity contribution in [3.05, 3.63) is 64.1 Å². The van der Waals surface area contributed by atoms with Gasteiger partial charge in [-0.2, -0.15) is 0 Å². The van der Waals surface area contributed by atoms with Crippen molar-refractivity contribution in [1.82, 2.24) is 4.68 Å². The van der Waals surface area contributed by atoms with Crippen LogP contribution in [0.2, 0.25) is 0 Å². The van der Waals surface area contributed by atoms with Crippen LogP contribution >= 0.6 is 0 Å². The zero-order valence-corrected chi connectivity index (χ0v) is 9.95. The van der Waals surface area contributed by atoms with Gasteiger partial charge in [-0.15, -0.1) is 0 Å². The number of ether oxygens (including phenoxy) is 1. The second-order valence-electron chi connectivity index (χ2n) is 3.84. The third kappa shape index (κ3) is 2.74. The zero-order chi connectivity index (χ0) is 13.8. The predicted octanol–water partition coefficient (Wildman–Crippen LogP) is 0.839. The molecule has 0 aliphatic rings. The number of carboxylic acid groups (broad SMARTS) is 1. The summed E-state index contributed by atoms with van der Waals surface area (Å²) < 4.78 is 6.15. The smallest absolute Gasteiger partial charge is 0.358 e. The van der Waals surface area contributed by atoms with E-state index in [0.29, 0.717) is 0 Å². The molecule has 0 radical (unpaired) electrons. The fourth-order valence-corrected chi connectivity index (χ4v) is 1.61. The predicted molar refractivity (Wildman–Crippen MR) is 68.6 cm³/mol. The van der Waals surface area contributed by atoms with Gasteiger partial charge >= 0.3 is 5.97 Å². The number of pyridine rings is 1. The fourth-order valence-electron chi connectivity index (χ4n) is 1.61. The maximum absolute atomic E-state index is 11.7. The second-order valence-corrected chi connectivity index (χ2v) is 3.84. The lowest BCUT2D eigenvalue weighted by atomic mass is 10.2. The van der Waals surface area contributed by atoms with Crippen molar-refractivity contribution in [1.29, 1.82) is 0 Å². The van der Waals surface area contributed by atoms with Crippen molar-refractivity contribution < 1.29 is 14.6 Å². The molecule has 0 bridgehead atoms. The van der Waals surface area contributed by atoms with Crippen molar-refractivity contribution in [3.63, 3.8) is 0 Å². The van der Waals surface area contributed by atoms with Crippen molar-refractivity contribution in [2.24, 2.45) is 0 Å². The molecule has 6 heteroatoms. The third-order valence-corrected chi connectivity index (χ3v) is 2.51. The lowest BCUT2D eigenvalue weighted by Gasteiger charge is -2.11. The molecule has 0 spiro atoms. The molecule has 1 heterocycles. The van der Waals surface area contributed by atoms with Crippen LogP contribution in [0.1, 0.15) is 16.1 Å². The molecule has 98 valence electrons. The Kier molecular flexibility index (Phi) is 3.51. The summed E-state index contributed by atoms with van der Waals surface area (Å²) in [4.78, 5) is 22.7. The molecule has 0 fully saturated rings. The summed E-state index contributed by atoms with van der Waals surface area (Å²) in [5.41, 5.74) is -0.0656. The van der Waals surface area contributed by atoms with Crippen molar-refractivity contribution in [3.8, 4) is 5.75 Å². The molecule has 0 aliphatic carbocycles. The first-order valence-corrected chi connectivity index (χ1v) is 5.50. The van der Waals surface area contributed by atoms with E-state index in [1.807, 2.05) is 30.3 Å². The summed E-state index contributed by atoms with van der Waals surface area (Å²) in [5, 5.41) is 9.05. The standard InChI is InChI=1S/C13H12N2O4/c14-15-7-6-10(16)12(11(15)13(17)18)19-8-9-4-2-1-3-5-9/h1-7H,8,14H2,(H,17,18). The van der Waals surface area contributed by atoms with Gasteiger partial charge in [0.1, 0.15) is 6.61 Å². The molecule has 19 heavy (non-hydrogen) atoms. The summed E-state index contributed by atoms with van der Waals surface area (Å²) in [6.07, 6.45) is 1.18. The molecule has 2 rings (SSSR count). The number of nitrogens with zero attached hydrogens (tertiary/aromatic N) is 1. The van der Waals surface area contributed by atoms with E-state index in [4.69, 9.17) is 15.7 Å². The highest BCUT2D eigenvalue weighted by atomic mass is 16.5. The van der Waals surface area contributed by atoms with Gasteiger partial charge in [-0.1, -0.05) is 30.3 Å². The largest absolute Gasteiger partial charge is 0.482 e. The Morgan fingerprint density at radius 3 is 2.58 bits per heavy atom. The van der Waals surface area contributed by atoms with Crippen LogP contribution in [-0.2, 0) is 6.61 Å². The Hall–Kier alpha value is -2.76. The number of hydrogen-bond donors (Lipinski definition) is 2. The summed E-state index contributed by atoms with van der Waals surface area (Å²) >= 11 is 0. The average molecular weight is 260 g/mol. The van der Waals surface area contributed by atoms with Crippen LogP contribution in [-0.4, -0.2) is 15.8 Å². The van der Waals surface area contributed by atoms with Crippen LogP contribution in [0.4, 0.5) is 0 Å². The van der Waals surface area contributed by atoms with Crippen LogP contribution in [0.5, 0.6) is 5.75 Å². The van der Waals surface area contributed by atoms with Gasteiger partial charge in [-0.3, -0.25) is 9.47 Å². The van der Waals surface area contributed by atoms with E-state index < -0.39 is 11.4 Å². The Balaban J connectivity index is 2.32. The number of nitrogen functional groups attached to an aromatic ring is 1. The summed E-state index contributed by atoms with van der Waals surface area (Å²) in [6, 6.07) is 10.3.